The molecule has 114 valence electrons. The zero-order valence-electron chi connectivity index (χ0n) is 11.7. The summed E-state index contributed by atoms with van der Waals surface area (Å²) in [6, 6.07) is 5.75. The number of aliphatic hydroxyl groups is 1. The Balaban J connectivity index is 1.77. The molecule has 7 nitrogen and oxygen atoms in total. The number of aliphatic hydroxyl groups excluding tert-OH is 1. The number of nitro groups is 1. The highest BCUT2D eigenvalue weighted by Crippen LogP contribution is 2.17. The molecule has 0 aromatic heterocycles. The summed E-state index contributed by atoms with van der Waals surface area (Å²) in [4.78, 5) is 23.7. The van der Waals surface area contributed by atoms with Gasteiger partial charge in [0.2, 0.25) is 5.91 Å². The molecule has 0 spiro atoms. The molecular formula is C14H19N3O4. The molecule has 1 aromatic rings. The summed E-state index contributed by atoms with van der Waals surface area (Å²) < 4.78 is 0. The van der Waals surface area contributed by atoms with Crippen molar-refractivity contribution in [2.45, 2.75) is 18.9 Å². The fourth-order valence-corrected chi connectivity index (χ4v) is 2.33. The third kappa shape index (κ3) is 4.24. The number of non-ortho nitro benzene ring substituents is 1. The van der Waals surface area contributed by atoms with Crippen LogP contribution in [0.3, 0.4) is 0 Å². The van der Waals surface area contributed by atoms with E-state index in [9.17, 15) is 20.0 Å². The summed E-state index contributed by atoms with van der Waals surface area (Å²) in [6.45, 7) is 2.05. The van der Waals surface area contributed by atoms with E-state index in [1.165, 1.54) is 24.3 Å². The average Bonchev–Trinajstić information content (AvgIpc) is 3.01. The topological polar surface area (TPSA) is 95.7 Å². The van der Waals surface area contributed by atoms with Crippen molar-refractivity contribution in [2.75, 3.05) is 26.2 Å². The van der Waals surface area contributed by atoms with Gasteiger partial charge >= 0.3 is 0 Å². The van der Waals surface area contributed by atoms with Gasteiger partial charge in [0, 0.05) is 31.8 Å². The van der Waals surface area contributed by atoms with Gasteiger partial charge < -0.3 is 15.3 Å². The van der Waals surface area contributed by atoms with Crippen LogP contribution in [0.4, 0.5) is 5.69 Å². The van der Waals surface area contributed by atoms with Crippen LogP contribution in [0.1, 0.15) is 24.5 Å². The number of hydrogen-bond acceptors (Lipinski definition) is 5. The molecule has 1 aliphatic heterocycles. The van der Waals surface area contributed by atoms with E-state index in [4.69, 9.17) is 0 Å². The minimum absolute atomic E-state index is 0.0110. The van der Waals surface area contributed by atoms with Gasteiger partial charge in [0.05, 0.1) is 17.6 Å². The van der Waals surface area contributed by atoms with Gasteiger partial charge in [-0.1, -0.05) is 0 Å². The first-order chi connectivity index (χ1) is 10.1. The van der Waals surface area contributed by atoms with Crippen LogP contribution in [0.2, 0.25) is 0 Å². The second kappa shape index (κ2) is 7.14. The van der Waals surface area contributed by atoms with Crippen molar-refractivity contribution in [1.82, 2.24) is 10.2 Å². The van der Waals surface area contributed by atoms with E-state index < -0.39 is 11.0 Å². The minimum atomic E-state index is -0.794. The number of rotatable bonds is 6. The molecule has 1 aromatic carbocycles. The van der Waals surface area contributed by atoms with Crippen molar-refractivity contribution >= 4 is 11.6 Å². The highest BCUT2D eigenvalue weighted by Gasteiger charge is 2.17. The number of hydrogen-bond donors (Lipinski definition) is 2. The van der Waals surface area contributed by atoms with E-state index >= 15 is 0 Å². The van der Waals surface area contributed by atoms with E-state index in [0.29, 0.717) is 5.56 Å². The Morgan fingerprint density at radius 2 is 1.95 bits per heavy atom. The molecule has 2 N–H and O–H groups in total. The van der Waals surface area contributed by atoms with E-state index in [-0.39, 0.29) is 24.7 Å². The average molecular weight is 293 g/mol. The van der Waals surface area contributed by atoms with Crippen molar-refractivity contribution < 1.29 is 14.8 Å². The first kappa shape index (κ1) is 15.4. The van der Waals surface area contributed by atoms with Gasteiger partial charge in [0.25, 0.3) is 5.69 Å². The lowest BCUT2D eigenvalue weighted by atomic mass is 10.1. The maximum atomic E-state index is 11.8. The molecule has 1 fully saturated rings. The van der Waals surface area contributed by atoms with Gasteiger partial charge in [0.1, 0.15) is 0 Å². The van der Waals surface area contributed by atoms with Gasteiger partial charge in [-0.3, -0.25) is 14.9 Å². The molecule has 1 heterocycles. The van der Waals surface area contributed by atoms with Crippen molar-refractivity contribution in [3.05, 3.63) is 39.9 Å². The number of amides is 1. The number of nitrogens with zero attached hydrogens (tertiary/aromatic N) is 2. The largest absolute Gasteiger partial charge is 0.387 e. The summed E-state index contributed by atoms with van der Waals surface area (Å²) >= 11 is 0. The molecule has 0 saturated carbocycles. The lowest BCUT2D eigenvalue weighted by Gasteiger charge is -2.17. The van der Waals surface area contributed by atoms with Crippen molar-refractivity contribution in [3.63, 3.8) is 0 Å². The van der Waals surface area contributed by atoms with E-state index in [1.54, 1.807) is 0 Å². The second-order valence-corrected chi connectivity index (χ2v) is 5.08. The smallest absolute Gasteiger partial charge is 0.269 e. The number of nitro benzene ring substituents is 1. The third-order valence-corrected chi connectivity index (χ3v) is 3.56. The van der Waals surface area contributed by atoms with Crippen LogP contribution in [0.15, 0.2) is 24.3 Å². The van der Waals surface area contributed by atoms with Gasteiger partial charge in [-0.25, -0.2) is 0 Å². The van der Waals surface area contributed by atoms with Crippen LogP contribution in [-0.4, -0.2) is 47.0 Å². The Hall–Kier alpha value is -1.99. The first-order valence-corrected chi connectivity index (χ1v) is 6.99. The molecule has 2 rings (SSSR count). The fraction of sp³-hybridized carbons (Fsp3) is 0.500. The first-order valence-electron chi connectivity index (χ1n) is 6.99. The van der Waals surface area contributed by atoms with E-state index in [0.717, 1.165) is 25.9 Å². The molecule has 0 radical (unpaired) electrons. The number of carbonyl (C=O) groups is 1. The number of carbonyl (C=O) groups excluding carboxylic acids is 1. The molecule has 7 heteroatoms. The van der Waals surface area contributed by atoms with Crippen molar-refractivity contribution in [1.29, 1.82) is 0 Å². The van der Waals surface area contributed by atoms with E-state index in [2.05, 4.69) is 5.32 Å². The summed E-state index contributed by atoms with van der Waals surface area (Å²) in [6.07, 6.45) is 1.31. The minimum Gasteiger partial charge on any atom is -0.387 e. The maximum absolute atomic E-state index is 11.8. The quantitative estimate of drug-likeness (QED) is 0.598. The molecule has 21 heavy (non-hydrogen) atoms. The van der Waals surface area contributed by atoms with Crippen molar-refractivity contribution in [3.8, 4) is 0 Å². The van der Waals surface area contributed by atoms with Gasteiger partial charge in [0.15, 0.2) is 0 Å². The molecule has 1 aliphatic rings. The van der Waals surface area contributed by atoms with Gasteiger partial charge in [-0.15, -0.1) is 0 Å². The van der Waals surface area contributed by atoms with Crippen LogP contribution in [0.5, 0.6) is 0 Å². The molecule has 0 aliphatic carbocycles. The monoisotopic (exact) mass is 293 g/mol. The normalized spacial score (nSPS) is 16.0. The van der Waals surface area contributed by atoms with Crippen LogP contribution in [0, 0.1) is 10.1 Å². The highest BCUT2D eigenvalue weighted by molar-refractivity contribution is 5.78. The van der Waals surface area contributed by atoms with Crippen molar-refractivity contribution in [2.24, 2.45) is 0 Å². The summed E-state index contributed by atoms with van der Waals surface area (Å²) in [5.41, 5.74) is 0.574. The van der Waals surface area contributed by atoms with Gasteiger partial charge in [-0.2, -0.15) is 0 Å². The SMILES string of the molecule is O=C(CNCC(O)c1ccc([N+](=O)[O-])cc1)N1CCCC1. The Kier molecular flexibility index (Phi) is 5.24. The van der Waals surface area contributed by atoms with E-state index in [1.807, 2.05) is 4.90 Å². The molecule has 1 unspecified atom stereocenters. The Labute approximate surface area is 122 Å². The molecule has 0 bridgehead atoms. The fourth-order valence-electron chi connectivity index (χ4n) is 2.33. The molecule has 1 amide bonds. The molecule has 1 atom stereocenters. The molecular weight excluding hydrogens is 274 g/mol. The van der Waals surface area contributed by atoms with Crippen LogP contribution < -0.4 is 5.32 Å². The lowest BCUT2D eigenvalue weighted by molar-refractivity contribution is -0.384. The van der Waals surface area contributed by atoms with Crippen LogP contribution in [0.25, 0.3) is 0 Å². The maximum Gasteiger partial charge on any atom is 0.269 e. The lowest BCUT2D eigenvalue weighted by Crippen LogP contribution is -2.37. The number of benzene rings is 1. The predicted molar refractivity (Wildman–Crippen MR) is 76.7 cm³/mol. The predicted octanol–water partition coefficient (Wildman–Crippen LogP) is 0.840. The Bertz CT molecular complexity index is 497. The number of likely N-dealkylation sites (tertiary alicyclic amines) is 1. The Morgan fingerprint density at radius 3 is 2.52 bits per heavy atom. The second-order valence-electron chi connectivity index (χ2n) is 5.08. The number of nitrogens with one attached hydrogen (secondary N) is 1. The van der Waals surface area contributed by atoms with Crippen LogP contribution >= 0.6 is 0 Å². The highest BCUT2D eigenvalue weighted by atomic mass is 16.6. The summed E-state index contributed by atoms with van der Waals surface area (Å²) in [5, 5.41) is 23.4. The third-order valence-electron chi connectivity index (χ3n) is 3.56. The standard InChI is InChI=1S/C14H19N3O4/c18-13(11-3-5-12(6-4-11)17(20)21)9-15-10-14(19)16-7-1-2-8-16/h3-6,13,15,18H,1-2,7-10H2. The summed E-state index contributed by atoms with van der Waals surface area (Å²) in [7, 11) is 0. The molecule has 1 saturated heterocycles. The van der Waals surface area contributed by atoms with Crippen LogP contribution in [-0.2, 0) is 4.79 Å². The summed E-state index contributed by atoms with van der Waals surface area (Å²) in [5.74, 6) is 0.0448. The zero-order valence-corrected chi connectivity index (χ0v) is 11.7. The zero-order chi connectivity index (χ0) is 15.2. The van der Waals surface area contributed by atoms with Gasteiger partial charge in [-0.05, 0) is 30.5 Å². The Morgan fingerprint density at radius 1 is 1.33 bits per heavy atom.